The largest absolute Gasteiger partial charge is 0.240 e. The third-order valence-corrected chi connectivity index (χ3v) is 23.3. The summed E-state index contributed by atoms with van der Waals surface area (Å²) in [7, 11) is 0. The van der Waals surface area contributed by atoms with E-state index in [9.17, 15) is 0 Å². The third kappa shape index (κ3) is 14.3. The molecule has 0 aliphatic heterocycles. The maximum atomic E-state index is 2.70. The van der Waals surface area contributed by atoms with Crippen molar-refractivity contribution in [3.8, 4) is 0 Å². The Morgan fingerprint density at radius 3 is 0.259 bits per heavy atom. The summed E-state index contributed by atoms with van der Waals surface area (Å²) in [6, 6.07) is 129. The molecule has 0 spiro atoms. The van der Waals surface area contributed by atoms with E-state index in [1.807, 2.05) is 0 Å². The Hall–Kier alpha value is -11.3. The van der Waals surface area contributed by atoms with Crippen LogP contribution in [-0.2, 0) is 0 Å². The van der Waals surface area contributed by atoms with Gasteiger partial charge in [-0.2, -0.15) is 0 Å². The summed E-state index contributed by atoms with van der Waals surface area (Å²) in [6.07, 6.45) is 0. The van der Waals surface area contributed by atoms with Crippen LogP contribution in [0.2, 0.25) is 0 Å². The Balaban J connectivity index is 1.18. The van der Waals surface area contributed by atoms with Crippen LogP contribution in [0, 0.1) is 83.1 Å². The van der Waals surface area contributed by atoms with Crippen LogP contribution < -0.4 is 98.3 Å². The van der Waals surface area contributed by atoms with Crippen molar-refractivity contribution in [2.24, 2.45) is 0 Å². The van der Waals surface area contributed by atoms with E-state index in [0.717, 1.165) is 0 Å². The molecule has 16 aromatic rings. The quantitative estimate of drug-likeness (QED) is 0.0593. The monoisotopic (exact) mass is 1380 g/mol. The summed E-state index contributed by atoms with van der Waals surface area (Å²) in [5.41, 5.74) is 37.6. The highest BCUT2D eigenvalue weighted by Gasteiger charge is 2.38. The van der Waals surface area contributed by atoms with Crippen molar-refractivity contribution in [3.63, 3.8) is 0 Å². The topological polar surface area (TPSA) is 0 Å². The second-order valence-electron chi connectivity index (χ2n) is 31.6. The molecule has 0 fully saturated rings. The molecule has 108 heavy (non-hydrogen) atoms. The van der Waals surface area contributed by atoms with Crippen LogP contribution in [0.5, 0.6) is 0 Å². The van der Waals surface area contributed by atoms with Gasteiger partial charge in [-0.3, -0.25) is 0 Å². The summed E-state index contributed by atoms with van der Waals surface area (Å²) in [5, 5.41) is 7.35. The second-order valence-corrected chi connectivity index (χ2v) is 31.6. The fourth-order valence-corrected chi connectivity index (χ4v) is 17.2. The van der Waals surface area contributed by atoms with Crippen molar-refractivity contribution >= 4 is 171 Å². The zero-order chi connectivity index (χ0) is 74.4. The molecule has 0 amide bonds. The van der Waals surface area contributed by atoms with Gasteiger partial charge in [0.15, 0.2) is 0 Å². The van der Waals surface area contributed by atoms with Crippen molar-refractivity contribution in [3.05, 3.63) is 394 Å². The minimum absolute atomic E-state index is 0.163. The van der Waals surface area contributed by atoms with Crippen LogP contribution in [0.25, 0.3) is 32.3 Å². The van der Waals surface area contributed by atoms with Crippen LogP contribution >= 0.6 is 0 Å². The maximum Gasteiger partial charge on any atom is 0.240 e. The lowest BCUT2D eigenvalue weighted by molar-refractivity contribution is 1.48. The van der Waals surface area contributed by atoms with E-state index in [1.54, 1.807) is 0 Å². The number of fused-ring (bicyclic) bond motifs is 6. The molecule has 0 saturated carbocycles. The minimum atomic E-state index is -0.163. The molecule has 16 aromatic carbocycles. The standard InChI is InChI=1S/C102H90B6/c1-67-13-37-79(38-14-67)103(80-39-15-68(2)16-40-80)97-61-91-92(62-98(97)104(81-41-17-69(3)18-42-81)82-43-19-70(4)20-44-82)94-64-100(106(85-49-25-73(7)26-50-85)86-51-27-74(8)28-52-86)102(108(89-57-33-77(11)34-58-89)90-59-35-78(12)36-60-90)66-96(94)95-65-101(107(87-53-29-75(9)30-54-87)88-55-31-76(10)32-56-88)99(63-93(91)95)105(83-45-21-71(5)22-46-83)84-47-23-72(6)24-48-84/h13-66H,1-12H3. The van der Waals surface area contributed by atoms with Crippen molar-refractivity contribution in [1.82, 2.24) is 0 Å². The summed E-state index contributed by atoms with van der Waals surface area (Å²) >= 11 is 0. The van der Waals surface area contributed by atoms with Crippen LogP contribution in [0.4, 0.5) is 0 Å². The van der Waals surface area contributed by atoms with Gasteiger partial charge in [-0.1, -0.05) is 493 Å². The van der Waals surface area contributed by atoms with Gasteiger partial charge in [0, 0.05) is 0 Å². The Labute approximate surface area is 643 Å². The van der Waals surface area contributed by atoms with Crippen molar-refractivity contribution in [1.29, 1.82) is 0 Å². The van der Waals surface area contributed by atoms with E-state index in [-0.39, 0.29) is 40.3 Å². The van der Waals surface area contributed by atoms with Crippen LogP contribution in [0.15, 0.2) is 328 Å². The fourth-order valence-electron chi connectivity index (χ4n) is 17.2. The van der Waals surface area contributed by atoms with Gasteiger partial charge in [0.05, 0.1) is 0 Å². The summed E-state index contributed by atoms with van der Waals surface area (Å²) in [5.74, 6) is 0. The highest BCUT2D eigenvalue weighted by molar-refractivity contribution is 7.06. The molecule has 0 N–H and O–H groups in total. The molecule has 0 bridgehead atoms. The molecule has 516 valence electrons. The molecular formula is C102H90B6. The molecule has 0 unspecified atom stereocenters. The SMILES string of the molecule is Cc1ccc(B(c2ccc(C)cc2)c2cc3c4cc(B(c5ccc(C)cc5)c5ccc(C)cc5)c(B(c5ccc(C)cc5)c5ccc(C)cc5)cc4c4cc(B(c5ccc(C)cc5)c5ccc(C)cc5)c(B(c5ccc(C)cc5)c5ccc(C)cc5)cc4c3cc2B(c2ccc(C)cc2)c2ccc(C)cc2)cc1. The minimum Gasteiger partial charge on any atom is -0.0726 e. The first kappa shape index (κ1) is 71.0. The summed E-state index contributed by atoms with van der Waals surface area (Å²) < 4.78 is 0. The average Bonchev–Trinajstić information content (AvgIpc) is 0.705. The first-order chi connectivity index (χ1) is 52.4. The van der Waals surface area contributed by atoms with Crippen LogP contribution in [0.3, 0.4) is 0 Å². The zero-order valence-corrected chi connectivity index (χ0v) is 64.6. The Morgan fingerprint density at radius 2 is 0.185 bits per heavy atom. The van der Waals surface area contributed by atoms with E-state index in [1.165, 1.54) is 197 Å². The van der Waals surface area contributed by atoms with Crippen molar-refractivity contribution < 1.29 is 0 Å². The normalized spacial score (nSPS) is 11.3. The molecule has 6 heteroatoms. The van der Waals surface area contributed by atoms with E-state index < -0.39 is 0 Å². The van der Waals surface area contributed by atoms with E-state index in [0.29, 0.717) is 0 Å². The number of benzene rings is 16. The lowest BCUT2D eigenvalue weighted by Gasteiger charge is -2.29. The van der Waals surface area contributed by atoms with Gasteiger partial charge in [0.2, 0.25) is 40.3 Å². The molecule has 0 atom stereocenters. The lowest BCUT2D eigenvalue weighted by Crippen LogP contribution is -2.65. The average molecular weight is 1380 g/mol. The lowest BCUT2D eigenvalue weighted by atomic mass is 9.28. The predicted octanol–water partition coefficient (Wildman–Crippen LogP) is 11.9. The van der Waals surface area contributed by atoms with Gasteiger partial charge in [0.25, 0.3) is 0 Å². The van der Waals surface area contributed by atoms with Gasteiger partial charge in [0.1, 0.15) is 0 Å². The third-order valence-electron chi connectivity index (χ3n) is 23.3. The molecule has 16 rings (SSSR count). The second kappa shape index (κ2) is 30.2. The predicted molar refractivity (Wildman–Crippen MR) is 481 cm³/mol. The number of hydrogen-bond donors (Lipinski definition) is 0. The van der Waals surface area contributed by atoms with E-state index >= 15 is 0 Å². The number of hydrogen-bond acceptors (Lipinski definition) is 0. The molecule has 0 radical (unpaired) electrons. The van der Waals surface area contributed by atoms with Crippen molar-refractivity contribution in [2.45, 2.75) is 83.1 Å². The molecule has 0 nitrogen and oxygen atoms in total. The molecule has 0 heterocycles. The summed E-state index contributed by atoms with van der Waals surface area (Å²) in [4.78, 5) is 0. The smallest absolute Gasteiger partial charge is 0.0726 e. The van der Waals surface area contributed by atoms with Crippen molar-refractivity contribution in [2.75, 3.05) is 0 Å². The molecule has 0 aliphatic rings. The highest BCUT2D eigenvalue weighted by Crippen LogP contribution is 2.35. The Bertz CT molecular complexity index is 4650. The highest BCUT2D eigenvalue weighted by atomic mass is 14.2. The number of aryl methyl sites for hydroxylation is 12. The van der Waals surface area contributed by atoms with E-state index in [4.69, 9.17) is 0 Å². The molecule has 0 aliphatic carbocycles. The molecule has 0 saturated heterocycles. The Morgan fingerprint density at radius 1 is 0.111 bits per heavy atom. The van der Waals surface area contributed by atoms with Gasteiger partial charge in [-0.05, 0) is 115 Å². The first-order valence-corrected chi connectivity index (χ1v) is 38.8. The van der Waals surface area contributed by atoms with E-state index in [2.05, 4.69) is 411 Å². The van der Waals surface area contributed by atoms with Crippen LogP contribution in [-0.4, -0.2) is 40.3 Å². The maximum absolute atomic E-state index is 2.70. The fraction of sp³-hybridized carbons (Fsp3) is 0.118. The van der Waals surface area contributed by atoms with Gasteiger partial charge >= 0.3 is 0 Å². The van der Waals surface area contributed by atoms with Gasteiger partial charge in [-0.25, -0.2) is 0 Å². The van der Waals surface area contributed by atoms with Crippen LogP contribution in [0.1, 0.15) is 66.8 Å². The molecule has 0 aromatic heterocycles. The number of rotatable bonds is 18. The molecular weight excluding hydrogens is 1290 g/mol. The zero-order valence-electron chi connectivity index (χ0n) is 64.6. The van der Waals surface area contributed by atoms with Gasteiger partial charge < -0.3 is 0 Å². The Kier molecular flexibility index (Phi) is 19.8. The first-order valence-electron chi connectivity index (χ1n) is 38.8. The summed E-state index contributed by atoms with van der Waals surface area (Å²) in [6.45, 7) is 25.6. The van der Waals surface area contributed by atoms with Gasteiger partial charge in [-0.15, -0.1) is 0 Å².